The third-order valence-corrected chi connectivity index (χ3v) is 12.0. The average Bonchev–Trinajstić information content (AvgIpc) is 3.57. The zero-order valence-electron chi connectivity index (χ0n) is 31.7. The molecule has 2 saturated carbocycles. The van der Waals surface area contributed by atoms with Crippen LogP contribution in [0.1, 0.15) is 76.3 Å². The Balaban J connectivity index is 1.33. The molecule has 15 heteroatoms. The molecule has 56 heavy (non-hydrogen) atoms. The first-order valence-corrected chi connectivity index (χ1v) is 18.3. The standard InChI is InChI=1S/C41H45NO14/c1-20-25(53-35(49)32(47)29(22-13-9-7-10-14-22)42-36(50)56-37(3,4)5)18-40(51)38(6)28(20)31(46)30(45)27-24(44)17-26-39(19-52-26,54-21(2)43)33(27)41(38,40)55-34(48)23-15-11-8-12-16-23/h7-16,25-26,29,31-33,45-47,51H,17-19H2,1-6H3,(H,42,50)/t25-,26?,29-,31?,32+,33?,38-,39-,40-,41-/m0/s1. The van der Waals surface area contributed by atoms with Gasteiger partial charge in [0.15, 0.2) is 23.1 Å². The fraction of sp³-hybridized carbons (Fsp3) is 0.488. The fourth-order valence-electron chi connectivity index (χ4n) is 9.59. The molecule has 10 atom stereocenters. The molecule has 0 aromatic heterocycles. The van der Waals surface area contributed by atoms with E-state index in [0.717, 1.165) is 6.92 Å². The maximum atomic E-state index is 14.1. The van der Waals surface area contributed by atoms with Crippen LogP contribution in [0.5, 0.6) is 0 Å². The Morgan fingerprint density at radius 1 is 1.00 bits per heavy atom. The lowest BCUT2D eigenvalue weighted by Gasteiger charge is -2.57. The van der Waals surface area contributed by atoms with Crippen molar-refractivity contribution in [2.24, 2.45) is 11.3 Å². The van der Waals surface area contributed by atoms with Gasteiger partial charge in [-0.05, 0) is 63.5 Å². The Bertz CT molecular complexity index is 2060. The predicted molar refractivity (Wildman–Crippen MR) is 192 cm³/mol. The number of Topliss-reactive ketones (excluding diaryl/α,β-unsaturated/α-hetero) is 1. The SMILES string of the molecule is CC(=O)O[C@@]12COC1CC(=O)C1=C(O)C(O)C3=C(C)[C@@H](OC(=O)[C@H](O)[C@@H](NC(=O)OC(C)(C)C)c4ccccc4)C[C@]4(O)[C@@]3(C)[C@@]4(OC(=O)c3ccccc3)C12. The van der Waals surface area contributed by atoms with Gasteiger partial charge in [0, 0.05) is 25.3 Å². The van der Waals surface area contributed by atoms with E-state index in [1.54, 1.807) is 69.3 Å². The largest absolute Gasteiger partial charge is 0.509 e. The summed E-state index contributed by atoms with van der Waals surface area (Å²) in [5, 5.41) is 50.9. The zero-order chi connectivity index (χ0) is 40.7. The molecule has 7 rings (SSSR count). The number of benzene rings is 2. The van der Waals surface area contributed by atoms with Gasteiger partial charge in [-0.3, -0.25) is 9.59 Å². The molecule has 3 fully saturated rings. The highest BCUT2D eigenvalue weighted by molar-refractivity contribution is 6.00. The molecule has 1 heterocycles. The van der Waals surface area contributed by atoms with E-state index in [4.69, 9.17) is 23.7 Å². The predicted octanol–water partition coefficient (Wildman–Crippen LogP) is 3.07. The molecular formula is C41H45NO14. The first-order valence-electron chi connectivity index (χ1n) is 18.3. The van der Waals surface area contributed by atoms with Crippen molar-refractivity contribution < 1.29 is 68.1 Å². The monoisotopic (exact) mass is 775 g/mol. The minimum atomic E-state index is -2.26. The first kappa shape index (κ1) is 39.2. The molecule has 4 aliphatic carbocycles. The summed E-state index contributed by atoms with van der Waals surface area (Å²) in [6.45, 7) is 8.77. The summed E-state index contributed by atoms with van der Waals surface area (Å²) >= 11 is 0. The number of esters is 3. The van der Waals surface area contributed by atoms with Crippen molar-refractivity contribution in [3.63, 3.8) is 0 Å². The topological polar surface area (TPSA) is 224 Å². The Morgan fingerprint density at radius 2 is 1.62 bits per heavy atom. The normalized spacial score (nSPS) is 33.9. The van der Waals surface area contributed by atoms with Crippen molar-refractivity contribution in [3.8, 4) is 0 Å². The van der Waals surface area contributed by atoms with Crippen LogP contribution in [-0.4, -0.2) is 104 Å². The molecule has 1 aliphatic heterocycles. The van der Waals surface area contributed by atoms with Crippen LogP contribution < -0.4 is 5.32 Å². The highest BCUT2D eigenvalue weighted by Gasteiger charge is 2.97. The average molecular weight is 776 g/mol. The van der Waals surface area contributed by atoms with Gasteiger partial charge in [0.25, 0.3) is 0 Å². The number of hydrogen-bond acceptors (Lipinski definition) is 14. The molecule has 0 bridgehead atoms. The quantitative estimate of drug-likeness (QED) is 0.148. The van der Waals surface area contributed by atoms with Crippen LogP contribution in [0.4, 0.5) is 4.79 Å². The number of aliphatic hydroxyl groups is 4. The van der Waals surface area contributed by atoms with E-state index in [1.807, 2.05) is 0 Å². The van der Waals surface area contributed by atoms with Crippen molar-refractivity contribution in [2.75, 3.05) is 6.61 Å². The molecular weight excluding hydrogens is 730 g/mol. The van der Waals surface area contributed by atoms with E-state index in [2.05, 4.69) is 5.32 Å². The van der Waals surface area contributed by atoms with Crippen molar-refractivity contribution in [3.05, 3.63) is 94.3 Å². The second-order valence-corrected chi connectivity index (χ2v) is 16.3. The number of fused-ring (bicyclic) bond motifs is 5. The van der Waals surface area contributed by atoms with E-state index in [1.165, 1.54) is 26.0 Å². The molecule has 0 spiro atoms. The molecule has 2 aromatic carbocycles. The number of ether oxygens (including phenoxy) is 5. The van der Waals surface area contributed by atoms with E-state index in [-0.39, 0.29) is 35.3 Å². The maximum absolute atomic E-state index is 14.1. The molecule has 15 nitrogen and oxygen atoms in total. The molecule has 1 saturated heterocycles. The Kier molecular flexibility index (Phi) is 9.27. The number of carbonyl (C=O) groups is 5. The van der Waals surface area contributed by atoms with E-state index >= 15 is 0 Å². The number of nitrogens with one attached hydrogen (secondary N) is 1. The van der Waals surface area contributed by atoms with E-state index < -0.39 is 106 Å². The lowest BCUT2D eigenvalue weighted by molar-refractivity contribution is -0.289. The number of aliphatic hydroxyl groups excluding tert-OH is 3. The lowest BCUT2D eigenvalue weighted by atomic mass is 9.62. The van der Waals surface area contributed by atoms with E-state index in [9.17, 15) is 44.4 Å². The number of alkyl carbamates (subject to hydrolysis) is 1. The van der Waals surface area contributed by atoms with Gasteiger partial charge in [0.2, 0.25) is 0 Å². The van der Waals surface area contributed by atoms with Crippen molar-refractivity contribution in [1.82, 2.24) is 5.32 Å². The fourth-order valence-corrected chi connectivity index (χ4v) is 9.59. The van der Waals surface area contributed by atoms with E-state index in [0.29, 0.717) is 5.56 Å². The van der Waals surface area contributed by atoms with Crippen LogP contribution in [0.25, 0.3) is 0 Å². The molecule has 5 N–H and O–H groups in total. The van der Waals surface area contributed by atoms with Crippen LogP contribution >= 0.6 is 0 Å². The minimum Gasteiger partial charge on any atom is -0.509 e. The van der Waals surface area contributed by atoms with Crippen LogP contribution in [0.3, 0.4) is 0 Å². The van der Waals surface area contributed by atoms with Crippen molar-refractivity contribution in [1.29, 1.82) is 0 Å². The Morgan fingerprint density at radius 3 is 2.20 bits per heavy atom. The molecule has 2 aromatic rings. The second-order valence-electron chi connectivity index (χ2n) is 16.3. The highest BCUT2D eigenvalue weighted by atomic mass is 16.6. The summed E-state index contributed by atoms with van der Waals surface area (Å²) in [6.07, 6.45) is -8.27. The smallest absolute Gasteiger partial charge is 0.408 e. The third-order valence-electron chi connectivity index (χ3n) is 12.0. The molecule has 5 aliphatic rings. The molecule has 3 unspecified atom stereocenters. The van der Waals surface area contributed by atoms with Gasteiger partial charge >= 0.3 is 24.0 Å². The third kappa shape index (κ3) is 5.57. The highest BCUT2D eigenvalue weighted by Crippen LogP contribution is 2.82. The van der Waals surface area contributed by atoms with Crippen LogP contribution in [0.2, 0.25) is 0 Å². The van der Waals surface area contributed by atoms with Gasteiger partial charge in [-0.2, -0.15) is 0 Å². The van der Waals surface area contributed by atoms with Gasteiger partial charge in [0.1, 0.15) is 35.3 Å². The Hall–Kier alpha value is -5.09. The number of amides is 1. The zero-order valence-corrected chi connectivity index (χ0v) is 31.7. The summed E-state index contributed by atoms with van der Waals surface area (Å²) in [6, 6.07) is 14.6. The lowest BCUT2D eigenvalue weighted by Crippen LogP contribution is -2.72. The number of carbonyl (C=O) groups excluding carboxylic acids is 5. The number of rotatable bonds is 8. The summed E-state index contributed by atoms with van der Waals surface area (Å²) in [7, 11) is 0. The molecule has 298 valence electrons. The number of hydrogen-bond donors (Lipinski definition) is 5. The van der Waals surface area contributed by atoms with Gasteiger partial charge < -0.3 is 49.4 Å². The first-order chi connectivity index (χ1) is 26.2. The summed E-state index contributed by atoms with van der Waals surface area (Å²) < 4.78 is 29.4. The van der Waals surface area contributed by atoms with Crippen LogP contribution in [0, 0.1) is 11.3 Å². The van der Waals surface area contributed by atoms with Crippen molar-refractivity contribution >= 4 is 29.8 Å². The van der Waals surface area contributed by atoms with Crippen LogP contribution in [0.15, 0.2) is 83.1 Å². The Labute approximate surface area is 322 Å². The van der Waals surface area contributed by atoms with Gasteiger partial charge in [-0.25, -0.2) is 14.4 Å². The minimum absolute atomic E-state index is 0.0696. The maximum Gasteiger partial charge on any atom is 0.408 e. The number of ketones is 1. The van der Waals surface area contributed by atoms with Gasteiger partial charge in [0.05, 0.1) is 29.5 Å². The second kappa shape index (κ2) is 13.3. The molecule has 1 amide bonds. The summed E-state index contributed by atoms with van der Waals surface area (Å²) in [4.78, 5) is 67.6. The van der Waals surface area contributed by atoms with Crippen molar-refractivity contribution in [2.45, 2.75) is 107 Å². The summed E-state index contributed by atoms with van der Waals surface area (Å²) in [5.41, 5.74) is -8.88. The molecule has 0 radical (unpaired) electrons. The van der Waals surface area contributed by atoms with Crippen LogP contribution in [-0.2, 0) is 38.1 Å². The van der Waals surface area contributed by atoms with Gasteiger partial charge in [-0.15, -0.1) is 0 Å². The summed E-state index contributed by atoms with van der Waals surface area (Å²) in [5.74, 6) is -6.00. The van der Waals surface area contributed by atoms with Gasteiger partial charge in [-0.1, -0.05) is 48.5 Å².